The van der Waals surface area contributed by atoms with Crippen molar-refractivity contribution >= 4 is 34.5 Å². The maximum atomic E-state index is 12.4. The Morgan fingerprint density at radius 2 is 2.04 bits per heavy atom. The molecule has 140 valence electrons. The van der Waals surface area contributed by atoms with Crippen molar-refractivity contribution in [2.24, 2.45) is 18.1 Å². The standard InChI is InChI=1S/C19H20ClN5O2/c1-12(2)11-25-17(9-18(26)24(3)19(25)27)23-22-10-13-6-7-21-16-5-4-14(20)8-15(13)16/h4-10,12,23H,11H2,1-3H3. The van der Waals surface area contributed by atoms with Crippen molar-refractivity contribution in [2.75, 3.05) is 5.43 Å². The van der Waals surface area contributed by atoms with Crippen LogP contribution < -0.4 is 16.7 Å². The number of hydrogen-bond acceptors (Lipinski definition) is 5. The molecule has 0 atom stereocenters. The summed E-state index contributed by atoms with van der Waals surface area (Å²) in [6, 6.07) is 8.61. The summed E-state index contributed by atoms with van der Waals surface area (Å²) in [5.74, 6) is 0.584. The predicted molar refractivity (Wildman–Crippen MR) is 109 cm³/mol. The molecule has 1 N–H and O–H groups in total. The van der Waals surface area contributed by atoms with E-state index in [4.69, 9.17) is 11.6 Å². The molecule has 0 spiro atoms. The summed E-state index contributed by atoms with van der Waals surface area (Å²) in [4.78, 5) is 28.7. The van der Waals surface area contributed by atoms with E-state index in [1.807, 2.05) is 32.0 Å². The molecule has 0 aliphatic rings. The minimum atomic E-state index is -0.390. The Balaban J connectivity index is 1.97. The molecule has 1 aromatic carbocycles. The van der Waals surface area contributed by atoms with Crippen molar-refractivity contribution in [1.82, 2.24) is 14.1 Å². The summed E-state index contributed by atoms with van der Waals surface area (Å²) in [5.41, 5.74) is 3.67. The first kappa shape index (κ1) is 18.8. The highest BCUT2D eigenvalue weighted by Crippen LogP contribution is 2.20. The third-order valence-electron chi connectivity index (χ3n) is 4.07. The molecule has 8 heteroatoms. The molecule has 0 aliphatic carbocycles. The molecule has 0 aliphatic heterocycles. The average molecular weight is 386 g/mol. The highest BCUT2D eigenvalue weighted by atomic mass is 35.5. The zero-order chi connectivity index (χ0) is 19.6. The summed E-state index contributed by atoms with van der Waals surface area (Å²) >= 11 is 6.08. The van der Waals surface area contributed by atoms with Gasteiger partial charge in [-0.15, -0.1) is 0 Å². The lowest BCUT2D eigenvalue weighted by atomic mass is 10.1. The van der Waals surface area contributed by atoms with E-state index in [0.29, 0.717) is 17.4 Å². The quantitative estimate of drug-likeness (QED) is 0.541. The third kappa shape index (κ3) is 4.09. The number of hydrogen-bond donors (Lipinski definition) is 1. The molecular weight excluding hydrogens is 366 g/mol. The number of fused-ring (bicyclic) bond motifs is 1. The molecule has 0 fully saturated rings. The summed E-state index contributed by atoms with van der Waals surface area (Å²) in [5, 5.41) is 5.68. The number of benzene rings is 1. The largest absolute Gasteiger partial charge is 0.332 e. The first-order valence-electron chi connectivity index (χ1n) is 8.51. The topological polar surface area (TPSA) is 81.3 Å². The van der Waals surface area contributed by atoms with Crippen molar-refractivity contribution in [3.8, 4) is 0 Å². The first-order valence-corrected chi connectivity index (χ1v) is 8.89. The van der Waals surface area contributed by atoms with Crippen molar-refractivity contribution in [1.29, 1.82) is 0 Å². The van der Waals surface area contributed by atoms with Gasteiger partial charge >= 0.3 is 5.69 Å². The van der Waals surface area contributed by atoms with E-state index < -0.39 is 0 Å². The molecule has 0 amide bonds. The van der Waals surface area contributed by atoms with Crippen LogP contribution in [0.2, 0.25) is 5.02 Å². The van der Waals surface area contributed by atoms with E-state index in [-0.39, 0.29) is 17.2 Å². The predicted octanol–water partition coefficient (Wildman–Crippen LogP) is 2.85. The maximum absolute atomic E-state index is 12.4. The lowest BCUT2D eigenvalue weighted by molar-refractivity contribution is 0.492. The fourth-order valence-corrected chi connectivity index (χ4v) is 2.90. The second-order valence-electron chi connectivity index (χ2n) is 6.65. The monoisotopic (exact) mass is 385 g/mol. The van der Waals surface area contributed by atoms with Crippen molar-refractivity contribution < 1.29 is 0 Å². The molecule has 27 heavy (non-hydrogen) atoms. The number of rotatable bonds is 5. The zero-order valence-electron chi connectivity index (χ0n) is 15.3. The number of halogens is 1. The molecule has 3 rings (SSSR count). The minimum absolute atomic E-state index is 0.232. The van der Waals surface area contributed by atoms with Gasteiger partial charge in [0, 0.05) is 41.8 Å². The van der Waals surface area contributed by atoms with Gasteiger partial charge in [-0.2, -0.15) is 5.10 Å². The van der Waals surface area contributed by atoms with Crippen LogP contribution in [-0.2, 0) is 13.6 Å². The highest BCUT2D eigenvalue weighted by Gasteiger charge is 2.10. The number of hydrazone groups is 1. The molecule has 0 bridgehead atoms. The van der Waals surface area contributed by atoms with E-state index in [1.54, 1.807) is 18.5 Å². The average Bonchev–Trinajstić information content (AvgIpc) is 2.63. The number of nitrogens with zero attached hydrogens (tertiary/aromatic N) is 4. The SMILES string of the molecule is CC(C)Cn1c(NN=Cc2ccnc3ccc(Cl)cc23)cc(=O)n(C)c1=O. The smallest absolute Gasteiger partial charge is 0.278 e. The molecule has 2 heterocycles. The number of nitrogens with one attached hydrogen (secondary N) is 1. The molecule has 0 saturated heterocycles. The van der Waals surface area contributed by atoms with Gasteiger partial charge in [-0.25, -0.2) is 4.79 Å². The fraction of sp³-hybridized carbons (Fsp3) is 0.263. The Morgan fingerprint density at radius 3 is 2.78 bits per heavy atom. The van der Waals surface area contributed by atoms with Crippen LogP contribution in [0.3, 0.4) is 0 Å². The maximum Gasteiger partial charge on any atom is 0.332 e. The summed E-state index contributed by atoms with van der Waals surface area (Å²) in [6.45, 7) is 4.47. The molecular formula is C19H20ClN5O2. The summed E-state index contributed by atoms with van der Waals surface area (Å²) < 4.78 is 2.58. The lowest BCUT2D eigenvalue weighted by Crippen LogP contribution is -2.39. The van der Waals surface area contributed by atoms with E-state index >= 15 is 0 Å². The molecule has 0 saturated carbocycles. The van der Waals surface area contributed by atoms with Crippen molar-refractivity contribution in [2.45, 2.75) is 20.4 Å². The highest BCUT2D eigenvalue weighted by molar-refractivity contribution is 6.31. The summed E-state index contributed by atoms with van der Waals surface area (Å²) in [6.07, 6.45) is 3.30. The van der Waals surface area contributed by atoms with Crippen LogP contribution in [0.4, 0.5) is 5.82 Å². The summed E-state index contributed by atoms with van der Waals surface area (Å²) in [7, 11) is 1.46. The Labute approximate surface area is 160 Å². The number of aromatic nitrogens is 3. The van der Waals surface area contributed by atoms with E-state index in [9.17, 15) is 9.59 Å². The van der Waals surface area contributed by atoms with E-state index in [2.05, 4.69) is 15.5 Å². The molecule has 7 nitrogen and oxygen atoms in total. The molecule has 0 unspecified atom stereocenters. The van der Waals surface area contributed by atoms with Crippen LogP contribution in [0, 0.1) is 5.92 Å². The van der Waals surface area contributed by atoms with Crippen molar-refractivity contribution in [3.63, 3.8) is 0 Å². The van der Waals surface area contributed by atoms with Gasteiger partial charge in [-0.3, -0.25) is 24.3 Å². The van der Waals surface area contributed by atoms with Gasteiger partial charge in [0.1, 0.15) is 5.82 Å². The van der Waals surface area contributed by atoms with Crippen LogP contribution in [-0.4, -0.2) is 20.3 Å². The minimum Gasteiger partial charge on any atom is -0.278 e. The van der Waals surface area contributed by atoms with Crippen LogP contribution in [0.25, 0.3) is 10.9 Å². The second kappa shape index (κ2) is 7.75. The van der Waals surface area contributed by atoms with Gasteiger partial charge < -0.3 is 0 Å². The van der Waals surface area contributed by atoms with Gasteiger partial charge in [0.15, 0.2) is 0 Å². The Kier molecular flexibility index (Phi) is 5.41. The van der Waals surface area contributed by atoms with Crippen LogP contribution in [0.1, 0.15) is 19.4 Å². The van der Waals surface area contributed by atoms with Gasteiger partial charge in [0.05, 0.1) is 11.7 Å². The molecule has 3 aromatic rings. The first-order chi connectivity index (χ1) is 12.9. The van der Waals surface area contributed by atoms with Crippen LogP contribution in [0.5, 0.6) is 0 Å². The Bertz CT molecular complexity index is 1130. The van der Waals surface area contributed by atoms with Gasteiger partial charge in [0.2, 0.25) is 0 Å². The Hall–Kier alpha value is -2.93. The van der Waals surface area contributed by atoms with Gasteiger partial charge in [0.25, 0.3) is 5.56 Å². The zero-order valence-corrected chi connectivity index (χ0v) is 16.1. The van der Waals surface area contributed by atoms with Gasteiger partial charge in [-0.1, -0.05) is 25.4 Å². The van der Waals surface area contributed by atoms with E-state index in [0.717, 1.165) is 21.0 Å². The Morgan fingerprint density at radius 1 is 1.26 bits per heavy atom. The second-order valence-corrected chi connectivity index (χ2v) is 7.08. The van der Waals surface area contributed by atoms with Gasteiger partial charge in [-0.05, 0) is 30.2 Å². The molecule has 0 radical (unpaired) electrons. The lowest BCUT2D eigenvalue weighted by Gasteiger charge is -2.14. The van der Waals surface area contributed by atoms with Crippen LogP contribution in [0.15, 0.2) is 51.2 Å². The third-order valence-corrected chi connectivity index (χ3v) is 4.30. The molecule has 2 aromatic heterocycles. The van der Waals surface area contributed by atoms with E-state index in [1.165, 1.54) is 17.7 Å². The van der Waals surface area contributed by atoms with Crippen LogP contribution >= 0.6 is 11.6 Å². The number of anilines is 1. The number of pyridine rings is 1. The van der Waals surface area contributed by atoms with Crippen molar-refractivity contribution in [3.05, 3.63) is 68.0 Å². The normalized spacial score (nSPS) is 11.6. The fourth-order valence-electron chi connectivity index (χ4n) is 2.72.